The van der Waals surface area contributed by atoms with Crippen molar-refractivity contribution in [3.8, 4) is 0 Å². The van der Waals surface area contributed by atoms with E-state index in [9.17, 15) is 0 Å². The fraction of sp³-hybridized carbons (Fsp3) is 0.167. The van der Waals surface area contributed by atoms with Gasteiger partial charge in [-0.1, -0.05) is 12.7 Å². The lowest BCUT2D eigenvalue weighted by molar-refractivity contribution is 1.20. The Kier molecular flexibility index (Phi) is 5.60. The minimum absolute atomic E-state index is 0.866. The van der Waals surface area contributed by atoms with Crippen LogP contribution < -0.4 is 5.32 Å². The van der Waals surface area contributed by atoms with Crippen LogP contribution in [0.5, 0.6) is 0 Å². The average molecular weight is 236 g/mol. The quantitative estimate of drug-likeness (QED) is 0.255. The number of halogens is 1. The van der Waals surface area contributed by atoms with E-state index < -0.39 is 0 Å². The van der Waals surface area contributed by atoms with Crippen LogP contribution in [0.4, 0.5) is 0 Å². The van der Waals surface area contributed by atoms with Gasteiger partial charge in [-0.05, 0) is 28.7 Å². The van der Waals surface area contributed by atoms with E-state index in [-0.39, 0.29) is 0 Å². The number of rotatable bonds is 2. The average Bonchev–Trinajstić information content (AvgIpc) is 1.89. The summed E-state index contributed by atoms with van der Waals surface area (Å²) >= 11 is 2.10. The monoisotopic (exact) mass is 236 g/mol. The Labute approximate surface area is 68.9 Å². The lowest BCUT2D eigenvalue weighted by atomic mass is 10.6. The minimum Gasteiger partial charge on any atom is -0.368 e. The molecule has 0 heterocycles. The number of hydrogen-bond donors (Lipinski definition) is 1. The zero-order valence-corrected chi connectivity index (χ0v) is 7.42. The van der Waals surface area contributed by atoms with Crippen LogP contribution in [0.25, 0.3) is 0 Å². The molecule has 0 saturated carbocycles. The van der Waals surface area contributed by atoms with Crippen LogP contribution in [-0.2, 0) is 0 Å². The summed E-state index contributed by atoms with van der Waals surface area (Å²) in [5.41, 5.74) is 0. The van der Waals surface area contributed by atoms with Crippen LogP contribution in [0, 0.1) is 0 Å². The molecule has 0 radical (unpaired) electrons. The van der Waals surface area contributed by atoms with Crippen LogP contribution in [0.15, 0.2) is 29.9 Å². The molecule has 0 aliphatic carbocycles. The predicted octanol–water partition coefficient (Wildman–Crippen LogP) is 1.70. The molecule has 0 amide bonds. The molecule has 0 fully saturated rings. The smallest absolute Gasteiger partial charge is 0.164 e. The van der Waals surface area contributed by atoms with Crippen molar-refractivity contribution in [3.63, 3.8) is 0 Å². The second-order valence-electron chi connectivity index (χ2n) is 1.25. The molecule has 0 saturated heterocycles. The van der Waals surface area contributed by atoms with E-state index in [1.54, 1.807) is 18.4 Å². The Balaban J connectivity index is 3.67. The Morgan fingerprint density at radius 1 is 1.78 bits per heavy atom. The molecule has 0 aromatic heterocycles. The zero-order chi connectivity index (χ0) is 7.11. The minimum atomic E-state index is 0.866. The van der Waals surface area contributed by atoms with Crippen molar-refractivity contribution in [3.05, 3.63) is 24.9 Å². The molecule has 0 aliphatic heterocycles. The van der Waals surface area contributed by atoms with Crippen molar-refractivity contribution in [2.45, 2.75) is 0 Å². The molecule has 9 heavy (non-hydrogen) atoms. The maximum atomic E-state index is 3.97. The summed E-state index contributed by atoms with van der Waals surface area (Å²) in [5, 5.41) is 2.87. The van der Waals surface area contributed by atoms with Gasteiger partial charge >= 0.3 is 0 Å². The lowest BCUT2D eigenvalue weighted by Crippen LogP contribution is -2.08. The highest BCUT2D eigenvalue weighted by molar-refractivity contribution is 14.1. The first kappa shape index (κ1) is 8.68. The fourth-order valence-electron chi connectivity index (χ4n) is 0.234. The van der Waals surface area contributed by atoms with Crippen LogP contribution in [0.3, 0.4) is 0 Å². The molecule has 0 aliphatic rings. The van der Waals surface area contributed by atoms with E-state index in [4.69, 9.17) is 0 Å². The van der Waals surface area contributed by atoms with Crippen molar-refractivity contribution >= 4 is 26.4 Å². The van der Waals surface area contributed by atoms with E-state index in [1.807, 2.05) is 7.05 Å². The Hall–Kier alpha value is -0.320. The topological polar surface area (TPSA) is 24.4 Å². The van der Waals surface area contributed by atoms with Crippen LogP contribution in [0.2, 0.25) is 0 Å². The molecular formula is C6H9IN2. The summed E-state index contributed by atoms with van der Waals surface area (Å²) in [6.07, 6.45) is 5.14. The Bertz CT molecular complexity index is 138. The molecule has 50 valence electrons. The largest absolute Gasteiger partial charge is 0.368 e. The Morgan fingerprint density at radius 2 is 2.44 bits per heavy atom. The first-order chi connectivity index (χ1) is 4.31. The van der Waals surface area contributed by atoms with Gasteiger partial charge in [-0.15, -0.1) is 0 Å². The first-order valence-electron chi connectivity index (χ1n) is 2.50. The number of aliphatic imine (C=N–C) groups is 1. The zero-order valence-electron chi connectivity index (χ0n) is 5.26. The fourth-order valence-corrected chi connectivity index (χ4v) is 0.395. The van der Waals surface area contributed by atoms with Gasteiger partial charge in [0.1, 0.15) is 0 Å². The van der Waals surface area contributed by atoms with E-state index in [0.29, 0.717) is 0 Å². The predicted molar refractivity (Wildman–Crippen MR) is 49.9 cm³/mol. The highest BCUT2D eigenvalue weighted by atomic mass is 127. The molecule has 0 aromatic carbocycles. The van der Waals surface area contributed by atoms with Crippen molar-refractivity contribution in [2.75, 3.05) is 7.05 Å². The Morgan fingerprint density at radius 3 is 2.89 bits per heavy atom. The second kappa shape index (κ2) is 5.81. The molecule has 0 atom stereocenters. The molecule has 3 heteroatoms. The number of hydrogen-bond acceptors (Lipinski definition) is 1. The molecule has 0 spiro atoms. The molecule has 2 nitrogen and oxygen atoms in total. The van der Waals surface area contributed by atoms with E-state index in [0.717, 1.165) is 3.84 Å². The third-order valence-corrected chi connectivity index (χ3v) is 1.43. The van der Waals surface area contributed by atoms with Crippen LogP contribution in [0.1, 0.15) is 0 Å². The third kappa shape index (κ3) is 5.55. The van der Waals surface area contributed by atoms with Crippen molar-refractivity contribution in [1.29, 1.82) is 0 Å². The number of nitrogens with zero attached hydrogens (tertiary/aromatic N) is 1. The molecule has 0 aromatic rings. The van der Waals surface area contributed by atoms with Gasteiger partial charge in [0, 0.05) is 13.2 Å². The van der Waals surface area contributed by atoms with Gasteiger partial charge in [-0.3, -0.25) is 0 Å². The highest BCUT2D eigenvalue weighted by Crippen LogP contribution is 1.85. The highest BCUT2D eigenvalue weighted by Gasteiger charge is 1.77. The van der Waals surface area contributed by atoms with Gasteiger partial charge in [-0.25, -0.2) is 4.99 Å². The molecular weight excluding hydrogens is 227 g/mol. The van der Waals surface area contributed by atoms with Crippen LogP contribution >= 0.6 is 22.6 Å². The van der Waals surface area contributed by atoms with Crippen molar-refractivity contribution in [1.82, 2.24) is 5.32 Å². The van der Waals surface area contributed by atoms with Gasteiger partial charge in [0.25, 0.3) is 0 Å². The summed E-state index contributed by atoms with van der Waals surface area (Å²) < 4.78 is 0.866. The maximum absolute atomic E-state index is 3.97. The SMILES string of the molecule is C=C/C=C\N=C(\I)NC. The van der Waals surface area contributed by atoms with Gasteiger partial charge in [0.2, 0.25) is 0 Å². The van der Waals surface area contributed by atoms with E-state index >= 15 is 0 Å². The maximum Gasteiger partial charge on any atom is 0.164 e. The number of amidine groups is 1. The first-order valence-corrected chi connectivity index (χ1v) is 3.57. The van der Waals surface area contributed by atoms with Crippen molar-refractivity contribution in [2.24, 2.45) is 4.99 Å². The summed E-state index contributed by atoms with van der Waals surface area (Å²) in [6.45, 7) is 3.50. The number of nitrogens with one attached hydrogen (secondary N) is 1. The molecule has 0 rings (SSSR count). The van der Waals surface area contributed by atoms with Gasteiger partial charge in [-0.2, -0.15) is 0 Å². The summed E-state index contributed by atoms with van der Waals surface area (Å²) in [5.74, 6) is 0. The summed E-state index contributed by atoms with van der Waals surface area (Å²) in [4.78, 5) is 3.97. The molecule has 0 unspecified atom stereocenters. The standard InChI is InChI=1S/C6H9IN2/c1-3-4-5-9-6(7)8-2/h3-5H,1H2,2H3,(H,8,9)/b5-4-. The summed E-state index contributed by atoms with van der Waals surface area (Å²) in [7, 11) is 1.83. The van der Waals surface area contributed by atoms with Crippen LogP contribution in [-0.4, -0.2) is 10.9 Å². The number of allylic oxidation sites excluding steroid dienone is 2. The van der Waals surface area contributed by atoms with Crippen molar-refractivity contribution < 1.29 is 0 Å². The molecule has 0 bridgehead atoms. The molecule has 1 N–H and O–H groups in total. The second-order valence-corrected chi connectivity index (χ2v) is 2.27. The summed E-state index contributed by atoms with van der Waals surface area (Å²) in [6, 6.07) is 0. The third-order valence-electron chi connectivity index (χ3n) is 0.616. The van der Waals surface area contributed by atoms with E-state index in [1.165, 1.54) is 0 Å². The van der Waals surface area contributed by atoms with Gasteiger partial charge < -0.3 is 5.32 Å². The van der Waals surface area contributed by atoms with Gasteiger partial charge in [0.05, 0.1) is 0 Å². The normalized spacial score (nSPS) is 12.0. The lowest BCUT2D eigenvalue weighted by Gasteiger charge is -1.88. The van der Waals surface area contributed by atoms with Gasteiger partial charge in [0.15, 0.2) is 3.84 Å². The van der Waals surface area contributed by atoms with E-state index in [2.05, 4.69) is 39.5 Å².